The van der Waals surface area contributed by atoms with Crippen molar-refractivity contribution in [1.29, 1.82) is 0 Å². The van der Waals surface area contributed by atoms with E-state index >= 15 is 0 Å². The Hall–Kier alpha value is -1.12. The number of aromatic nitrogens is 2. The van der Waals surface area contributed by atoms with Gasteiger partial charge in [-0.3, -0.25) is 0 Å². The molecule has 0 radical (unpaired) electrons. The predicted molar refractivity (Wildman–Crippen MR) is 105 cm³/mol. The van der Waals surface area contributed by atoms with Crippen molar-refractivity contribution in [3.05, 3.63) is 15.8 Å². The molecule has 1 amide bonds. The first-order valence-corrected chi connectivity index (χ1v) is 10.1. The number of ether oxygens (including phenoxy) is 1. The second kappa shape index (κ2) is 7.63. The molecule has 3 rings (SSSR count). The monoisotopic (exact) mass is 458 g/mol. The van der Waals surface area contributed by atoms with Gasteiger partial charge in [0.25, 0.3) is 0 Å². The number of hydrogen-bond acceptors (Lipinski definition) is 5. The molecule has 2 heterocycles. The van der Waals surface area contributed by atoms with Crippen LogP contribution in [0.5, 0.6) is 0 Å². The van der Waals surface area contributed by atoms with E-state index in [1.165, 1.54) is 12.8 Å². The third-order valence-corrected chi connectivity index (χ3v) is 5.69. The molecule has 1 aromatic rings. The highest BCUT2D eigenvalue weighted by Crippen LogP contribution is 2.44. The fourth-order valence-corrected chi connectivity index (χ4v) is 4.30. The predicted octanol–water partition coefficient (Wildman–Crippen LogP) is 3.78. The molecule has 0 bridgehead atoms. The summed E-state index contributed by atoms with van der Waals surface area (Å²) in [7, 11) is 0. The van der Waals surface area contributed by atoms with Crippen LogP contribution in [0, 0.1) is 21.5 Å². The highest BCUT2D eigenvalue weighted by atomic mass is 127. The SMILES string of the molecule is CC(C)(C)OC(=O)N1CC2CCC(CCNc3ccc(I)nn3)C2C1. The van der Waals surface area contributed by atoms with E-state index in [-0.39, 0.29) is 6.09 Å². The Labute approximate surface area is 163 Å². The number of hydrogen-bond donors (Lipinski definition) is 1. The molecule has 6 nitrogen and oxygen atoms in total. The summed E-state index contributed by atoms with van der Waals surface area (Å²) in [6, 6.07) is 3.92. The maximum absolute atomic E-state index is 12.3. The summed E-state index contributed by atoms with van der Waals surface area (Å²) < 4.78 is 6.43. The summed E-state index contributed by atoms with van der Waals surface area (Å²) in [5.41, 5.74) is -0.424. The molecular weight excluding hydrogens is 431 g/mol. The van der Waals surface area contributed by atoms with Crippen molar-refractivity contribution in [3.8, 4) is 0 Å². The van der Waals surface area contributed by atoms with Crippen molar-refractivity contribution in [2.24, 2.45) is 17.8 Å². The van der Waals surface area contributed by atoms with Crippen LogP contribution in [0.4, 0.5) is 10.6 Å². The number of halogens is 1. The Bertz CT molecular complexity index is 602. The fourth-order valence-electron chi connectivity index (χ4n) is 4.01. The summed E-state index contributed by atoms with van der Waals surface area (Å²) >= 11 is 2.15. The van der Waals surface area contributed by atoms with Crippen LogP contribution in [-0.2, 0) is 4.74 Å². The van der Waals surface area contributed by atoms with Gasteiger partial charge in [0.2, 0.25) is 0 Å². The molecule has 0 aromatic carbocycles. The molecular formula is C18H27IN4O2. The van der Waals surface area contributed by atoms with Crippen LogP contribution < -0.4 is 5.32 Å². The third-order valence-electron chi connectivity index (χ3n) is 5.11. The third kappa shape index (κ3) is 4.95. The molecule has 7 heteroatoms. The van der Waals surface area contributed by atoms with Gasteiger partial charge in [0.15, 0.2) is 0 Å². The van der Waals surface area contributed by atoms with Crippen LogP contribution >= 0.6 is 22.6 Å². The van der Waals surface area contributed by atoms with E-state index in [1.54, 1.807) is 0 Å². The summed E-state index contributed by atoms with van der Waals surface area (Å²) in [6.45, 7) is 8.35. The van der Waals surface area contributed by atoms with Crippen molar-refractivity contribution in [1.82, 2.24) is 15.1 Å². The van der Waals surface area contributed by atoms with Crippen molar-refractivity contribution in [2.75, 3.05) is 25.0 Å². The van der Waals surface area contributed by atoms with Gasteiger partial charge in [0.05, 0.1) is 0 Å². The molecule has 1 aliphatic carbocycles. The Morgan fingerprint density at radius 2 is 2.12 bits per heavy atom. The number of rotatable bonds is 4. The molecule has 1 N–H and O–H groups in total. The minimum absolute atomic E-state index is 0.159. The van der Waals surface area contributed by atoms with Crippen molar-refractivity contribution in [2.45, 2.75) is 45.6 Å². The summed E-state index contributed by atoms with van der Waals surface area (Å²) in [4.78, 5) is 14.2. The number of amides is 1. The van der Waals surface area contributed by atoms with E-state index in [0.29, 0.717) is 17.8 Å². The number of nitrogens with zero attached hydrogens (tertiary/aromatic N) is 3. The number of carbonyl (C=O) groups excluding carboxylic acids is 1. The van der Waals surface area contributed by atoms with E-state index in [2.05, 4.69) is 38.1 Å². The Kier molecular flexibility index (Phi) is 5.70. The zero-order valence-corrected chi connectivity index (χ0v) is 17.3. The van der Waals surface area contributed by atoms with Crippen LogP contribution in [0.2, 0.25) is 0 Å². The second-order valence-corrected chi connectivity index (χ2v) is 9.21. The van der Waals surface area contributed by atoms with Gasteiger partial charge in [0, 0.05) is 19.6 Å². The number of fused-ring (bicyclic) bond motifs is 1. The van der Waals surface area contributed by atoms with E-state index in [1.807, 2.05) is 37.8 Å². The molecule has 1 aliphatic heterocycles. The molecule has 3 atom stereocenters. The van der Waals surface area contributed by atoms with Crippen LogP contribution in [0.1, 0.15) is 40.0 Å². The molecule has 2 aliphatic rings. The summed E-state index contributed by atoms with van der Waals surface area (Å²) in [5, 5.41) is 11.6. The van der Waals surface area contributed by atoms with Crippen molar-refractivity contribution >= 4 is 34.5 Å². The van der Waals surface area contributed by atoms with Crippen molar-refractivity contribution < 1.29 is 9.53 Å². The quantitative estimate of drug-likeness (QED) is 0.696. The normalized spacial score (nSPS) is 25.8. The number of carbonyl (C=O) groups is 1. The molecule has 1 aromatic heterocycles. The average molecular weight is 458 g/mol. The summed E-state index contributed by atoms with van der Waals surface area (Å²) in [6.07, 6.45) is 3.43. The molecule has 3 unspecified atom stereocenters. The van der Waals surface area contributed by atoms with Crippen LogP contribution in [0.3, 0.4) is 0 Å². The topological polar surface area (TPSA) is 67.3 Å². The van der Waals surface area contributed by atoms with E-state index < -0.39 is 5.60 Å². The molecule has 0 spiro atoms. The fraction of sp³-hybridized carbons (Fsp3) is 0.722. The van der Waals surface area contributed by atoms with Gasteiger partial charge in [-0.2, -0.15) is 0 Å². The highest BCUT2D eigenvalue weighted by molar-refractivity contribution is 14.1. The second-order valence-electron chi connectivity index (χ2n) is 8.10. The highest BCUT2D eigenvalue weighted by Gasteiger charge is 2.44. The lowest BCUT2D eigenvalue weighted by Gasteiger charge is -2.25. The van der Waals surface area contributed by atoms with Gasteiger partial charge in [-0.25, -0.2) is 4.79 Å². The Morgan fingerprint density at radius 1 is 1.32 bits per heavy atom. The molecule has 1 saturated carbocycles. The lowest BCUT2D eigenvalue weighted by molar-refractivity contribution is 0.0276. The minimum Gasteiger partial charge on any atom is -0.444 e. The molecule has 25 heavy (non-hydrogen) atoms. The van der Waals surface area contributed by atoms with Crippen molar-refractivity contribution in [3.63, 3.8) is 0 Å². The van der Waals surface area contributed by atoms with Gasteiger partial charge in [-0.1, -0.05) is 0 Å². The number of anilines is 1. The van der Waals surface area contributed by atoms with E-state index in [0.717, 1.165) is 35.6 Å². The largest absolute Gasteiger partial charge is 0.444 e. The maximum atomic E-state index is 12.3. The van der Waals surface area contributed by atoms with E-state index in [9.17, 15) is 4.79 Å². The lowest BCUT2D eigenvalue weighted by Crippen LogP contribution is -2.36. The van der Waals surface area contributed by atoms with Crippen LogP contribution in [0.15, 0.2) is 12.1 Å². The summed E-state index contributed by atoms with van der Waals surface area (Å²) in [5.74, 6) is 2.74. The Balaban J connectivity index is 1.47. The van der Waals surface area contributed by atoms with Crippen LogP contribution in [-0.4, -0.2) is 46.4 Å². The first kappa shape index (κ1) is 18.7. The van der Waals surface area contributed by atoms with Crippen LogP contribution in [0.25, 0.3) is 0 Å². The number of likely N-dealkylation sites (tertiary alicyclic amines) is 1. The zero-order chi connectivity index (χ0) is 18.0. The Morgan fingerprint density at radius 3 is 2.80 bits per heavy atom. The minimum atomic E-state index is -0.424. The first-order chi connectivity index (χ1) is 11.8. The van der Waals surface area contributed by atoms with Gasteiger partial charge >= 0.3 is 6.09 Å². The number of nitrogens with one attached hydrogen (secondary N) is 1. The average Bonchev–Trinajstić information content (AvgIpc) is 3.09. The maximum Gasteiger partial charge on any atom is 0.410 e. The zero-order valence-electron chi connectivity index (χ0n) is 15.2. The molecule has 138 valence electrons. The first-order valence-electron chi connectivity index (χ1n) is 9.03. The van der Waals surface area contributed by atoms with Gasteiger partial charge < -0.3 is 15.0 Å². The smallest absolute Gasteiger partial charge is 0.410 e. The molecule has 1 saturated heterocycles. The molecule has 2 fully saturated rings. The standard InChI is InChI=1S/C18H27IN4O2/c1-18(2,3)25-17(24)23-10-13-5-4-12(14(13)11-23)8-9-20-16-7-6-15(19)21-22-16/h6-7,12-14H,4-5,8-11H2,1-3H3,(H,20,22). The van der Waals surface area contributed by atoms with E-state index in [4.69, 9.17) is 4.74 Å². The van der Waals surface area contributed by atoms with Gasteiger partial charge in [0.1, 0.15) is 15.1 Å². The van der Waals surface area contributed by atoms with Gasteiger partial charge in [-0.15, -0.1) is 10.2 Å². The van der Waals surface area contributed by atoms with Gasteiger partial charge in [-0.05, 0) is 92.5 Å². The lowest BCUT2D eigenvalue weighted by atomic mass is 9.90.